The molecular formula is C16H35N3O2. The lowest BCUT2D eigenvalue weighted by Crippen LogP contribution is -2.45. The minimum absolute atomic E-state index is 0.0835. The van der Waals surface area contributed by atoms with E-state index >= 15 is 0 Å². The first-order valence-corrected chi connectivity index (χ1v) is 8.39. The normalized spacial score (nSPS) is 14.3. The van der Waals surface area contributed by atoms with Crippen molar-refractivity contribution in [1.82, 2.24) is 15.5 Å². The molecule has 1 saturated heterocycles. The molecule has 0 unspecified atom stereocenters. The molecule has 1 aliphatic rings. The SMILES string of the molecule is CC.CC.CCCNC(=O)C1CCN(C(=O)CNC)CC1. The van der Waals surface area contributed by atoms with Gasteiger partial charge >= 0.3 is 0 Å². The van der Waals surface area contributed by atoms with E-state index in [9.17, 15) is 9.59 Å². The molecule has 1 fully saturated rings. The number of likely N-dealkylation sites (N-methyl/N-ethyl adjacent to an activating group) is 1. The molecule has 5 heteroatoms. The minimum atomic E-state index is 0.0835. The summed E-state index contributed by atoms with van der Waals surface area (Å²) in [6.07, 6.45) is 2.53. The van der Waals surface area contributed by atoms with Gasteiger partial charge in [0.05, 0.1) is 6.54 Å². The number of carbonyl (C=O) groups excluding carboxylic acids is 2. The lowest BCUT2D eigenvalue weighted by molar-refractivity contribution is -0.134. The summed E-state index contributed by atoms with van der Waals surface area (Å²) in [5, 5.41) is 5.77. The summed E-state index contributed by atoms with van der Waals surface area (Å²) in [5.41, 5.74) is 0. The number of nitrogens with zero attached hydrogens (tertiary/aromatic N) is 1. The third-order valence-corrected chi connectivity index (χ3v) is 3.10. The predicted molar refractivity (Wildman–Crippen MR) is 89.2 cm³/mol. The molecule has 0 aromatic carbocycles. The monoisotopic (exact) mass is 301 g/mol. The van der Waals surface area contributed by atoms with Gasteiger partial charge in [0.2, 0.25) is 11.8 Å². The summed E-state index contributed by atoms with van der Waals surface area (Å²) in [6.45, 7) is 12.6. The van der Waals surface area contributed by atoms with E-state index in [0.717, 1.165) is 25.8 Å². The van der Waals surface area contributed by atoms with E-state index in [-0.39, 0.29) is 17.7 Å². The van der Waals surface area contributed by atoms with Gasteiger partial charge in [-0.05, 0) is 26.3 Å². The van der Waals surface area contributed by atoms with E-state index in [1.54, 1.807) is 7.05 Å². The molecule has 0 bridgehead atoms. The second-order valence-electron chi connectivity index (χ2n) is 4.48. The van der Waals surface area contributed by atoms with E-state index in [1.807, 2.05) is 39.5 Å². The van der Waals surface area contributed by atoms with Crippen LogP contribution in [0, 0.1) is 5.92 Å². The fraction of sp³-hybridized carbons (Fsp3) is 0.875. The lowest BCUT2D eigenvalue weighted by Gasteiger charge is -2.31. The van der Waals surface area contributed by atoms with Gasteiger partial charge in [-0.25, -0.2) is 0 Å². The molecule has 1 aliphatic heterocycles. The highest BCUT2D eigenvalue weighted by Crippen LogP contribution is 2.17. The van der Waals surface area contributed by atoms with Crippen LogP contribution in [-0.2, 0) is 9.59 Å². The molecule has 5 nitrogen and oxygen atoms in total. The van der Waals surface area contributed by atoms with Crippen LogP contribution in [0.25, 0.3) is 0 Å². The molecule has 21 heavy (non-hydrogen) atoms. The maximum Gasteiger partial charge on any atom is 0.236 e. The first kappa shape index (κ1) is 22.2. The van der Waals surface area contributed by atoms with Gasteiger partial charge in [0.15, 0.2) is 0 Å². The van der Waals surface area contributed by atoms with Gasteiger partial charge in [-0.3, -0.25) is 9.59 Å². The fourth-order valence-electron chi connectivity index (χ4n) is 2.05. The Morgan fingerprint density at radius 2 is 1.62 bits per heavy atom. The van der Waals surface area contributed by atoms with Crippen LogP contribution in [0.2, 0.25) is 0 Å². The maximum atomic E-state index is 11.7. The third kappa shape index (κ3) is 9.45. The Kier molecular flexibility index (Phi) is 16.2. The number of hydrogen-bond donors (Lipinski definition) is 2. The number of hydrogen-bond acceptors (Lipinski definition) is 3. The van der Waals surface area contributed by atoms with Crippen molar-refractivity contribution in [2.45, 2.75) is 53.9 Å². The topological polar surface area (TPSA) is 61.4 Å². The van der Waals surface area contributed by atoms with Gasteiger partial charge in [-0.2, -0.15) is 0 Å². The van der Waals surface area contributed by atoms with Crippen molar-refractivity contribution < 1.29 is 9.59 Å². The molecule has 0 aromatic heterocycles. The van der Waals surface area contributed by atoms with Gasteiger partial charge in [-0.1, -0.05) is 34.6 Å². The zero-order valence-corrected chi connectivity index (χ0v) is 14.8. The Morgan fingerprint density at radius 1 is 1.10 bits per heavy atom. The van der Waals surface area contributed by atoms with Crippen molar-refractivity contribution in [3.8, 4) is 0 Å². The van der Waals surface area contributed by atoms with Crippen molar-refractivity contribution in [3.05, 3.63) is 0 Å². The Labute approximate surface area is 130 Å². The van der Waals surface area contributed by atoms with E-state index in [1.165, 1.54) is 0 Å². The number of rotatable bonds is 5. The Bertz CT molecular complexity index is 262. The van der Waals surface area contributed by atoms with Crippen LogP contribution in [0.3, 0.4) is 0 Å². The quantitative estimate of drug-likeness (QED) is 0.817. The van der Waals surface area contributed by atoms with E-state index in [0.29, 0.717) is 19.6 Å². The standard InChI is InChI=1S/C12H23N3O2.2C2H6/c1-3-6-14-12(17)10-4-7-15(8-5-10)11(16)9-13-2;2*1-2/h10,13H,3-9H2,1-2H3,(H,14,17);2*1-2H3. The molecule has 126 valence electrons. The van der Waals surface area contributed by atoms with E-state index < -0.39 is 0 Å². The Hall–Kier alpha value is -1.10. The number of amides is 2. The summed E-state index contributed by atoms with van der Waals surface area (Å²) < 4.78 is 0. The molecule has 1 rings (SSSR count). The van der Waals surface area contributed by atoms with Gasteiger partial charge in [0.1, 0.15) is 0 Å². The Morgan fingerprint density at radius 3 is 2.05 bits per heavy atom. The number of piperidine rings is 1. The van der Waals surface area contributed by atoms with E-state index in [4.69, 9.17) is 0 Å². The molecule has 2 amide bonds. The second-order valence-corrected chi connectivity index (χ2v) is 4.48. The number of likely N-dealkylation sites (tertiary alicyclic amines) is 1. The van der Waals surface area contributed by atoms with Crippen LogP contribution in [0.15, 0.2) is 0 Å². The average Bonchev–Trinajstić information content (AvgIpc) is 2.56. The van der Waals surface area contributed by atoms with Crippen molar-refractivity contribution in [3.63, 3.8) is 0 Å². The average molecular weight is 301 g/mol. The van der Waals surface area contributed by atoms with Crippen LogP contribution < -0.4 is 10.6 Å². The lowest BCUT2D eigenvalue weighted by atomic mass is 9.96. The van der Waals surface area contributed by atoms with Crippen LogP contribution in [0.4, 0.5) is 0 Å². The van der Waals surface area contributed by atoms with Crippen LogP contribution in [-0.4, -0.2) is 49.9 Å². The summed E-state index contributed by atoms with van der Waals surface area (Å²) in [7, 11) is 1.77. The Balaban J connectivity index is 0. The zero-order chi connectivity index (χ0) is 16.7. The molecular weight excluding hydrogens is 266 g/mol. The summed E-state index contributed by atoms with van der Waals surface area (Å²) in [6, 6.07) is 0. The smallest absolute Gasteiger partial charge is 0.236 e. The summed E-state index contributed by atoms with van der Waals surface area (Å²) >= 11 is 0. The van der Waals surface area contributed by atoms with E-state index in [2.05, 4.69) is 10.6 Å². The highest BCUT2D eigenvalue weighted by atomic mass is 16.2. The van der Waals surface area contributed by atoms with Crippen LogP contribution in [0.5, 0.6) is 0 Å². The van der Waals surface area contributed by atoms with Crippen molar-refractivity contribution in [2.24, 2.45) is 5.92 Å². The van der Waals surface area contributed by atoms with Gasteiger partial charge in [-0.15, -0.1) is 0 Å². The summed E-state index contributed by atoms with van der Waals surface area (Å²) in [5.74, 6) is 0.354. The van der Waals surface area contributed by atoms with Crippen molar-refractivity contribution in [2.75, 3.05) is 33.2 Å². The number of nitrogens with one attached hydrogen (secondary N) is 2. The van der Waals surface area contributed by atoms with Crippen LogP contribution >= 0.6 is 0 Å². The van der Waals surface area contributed by atoms with Gasteiger partial charge in [0.25, 0.3) is 0 Å². The zero-order valence-electron chi connectivity index (χ0n) is 14.8. The highest BCUT2D eigenvalue weighted by Gasteiger charge is 2.26. The number of carbonyl (C=O) groups is 2. The van der Waals surface area contributed by atoms with Crippen molar-refractivity contribution in [1.29, 1.82) is 0 Å². The molecule has 0 spiro atoms. The molecule has 1 heterocycles. The van der Waals surface area contributed by atoms with Crippen molar-refractivity contribution >= 4 is 11.8 Å². The molecule has 0 radical (unpaired) electrons. The first-order valence-electron chi connectivity index (χ1n) is 8.39. The summed E-state index contributed by atoms with van der Waals surface area (Å²) in [4.78, 5) is 25.2. The highest BCUT2D eigenvalue weighted by molar-refractivity contribution is 5.80. The fourth-order valence-corrected chi connectivity index (χ4v) is 2.05. The molecule has 0 saturated carbocycles. The molecule has 2 N–H and O–H groups in total. The molecule has 0 aromatic rings. The second kappa shape index (κ2) is 15.3. The molecule has 0 aliphatic carbocycles. The molecule has 0 atom stereocenters. The largest absolute Gasteiger partial charge is 0.356 e. The predicted octanol–water partition coefficient (Wildman–Crippen LogP) is 2.02. The minimum Gasteiger partial charge on any atom is -0.356 e. The first-order chi connectivity index (χ1) is 10.2. The third-order valence-electron chi connectivity index (χ3n) is 3.10. The maximum absolute atomic E-state index is 11.7. The van der Waals surface area contributed by atoms with Gasteiger partial charge in [0, 0.05) is 25.6 Å². The van der Waals surface area contributed by atoms with Gasteiger partial charge < -0.3 is 15.5 Å². The van der Waals surface area contributed by atoms with Crippen LogP contribution in [0.1, 0.15) is 53.9 Å².